The number of hydrogen-bond acceptors (Lipinski definition) is 11. The normalized spacial score (nSPS) is 41.0. The molecule has 0 radical (unpaired) electrons. The summed E-state index contributed by atoms with van der Waals surface area (Å²) in [6.45, 7) is 6.88. The lowest BCUT2D eigenvalue weighted by molar-refractivity contribution is -0.140. The predicted octanol–water partition coefficient (Wildman–Crippen LogP) is 1.85. The quantitative estimate of drug-likeness (QED) is 0.184. The molecule has 0 spiro atoms. The van der Waals surface area contributed by atoms with Crippen LogP contribution in [0.1, 0.15) is 72.6 Å². The van der Waals surface area contributed by atoms with Gasteiger partial charge in [-0.2, -0.15) is 0 Å². The van der Waals surface area contributed by atoms with Crippen LogP contribution in [-0.2, 0) is 9.53 Å². The number of aliphatic hydroxyl groups excluding tert-OH is 9. The van der Waals surface area contributed by atoms with E-state index in [1.165, 1.54) is 12.2 Å². The Morgan fingerprint density at radius 2 is 1.09 bits per heavy atom. The van der Waals surface area contributed by atoms with Crippen LogP contribution in [0.4, 0.5) is 0 Å². The van der Waals surface area contributed by atoms with Gasteiger partial charge in [0.1, 0.15) is 0 Å². The number of hydrogen-bond donors (Lipinski definition) is 9. The molecule has 0 aliphatic carbocycles. The molecule has 11 heteroatoms. The summed E-state index contributed by atoms with van der Waals surface area (Å²) < 4.78 is 5.16. The number of carbonyl (C=O) groups is 1. The van der Waals surface area contributed by atoms with Crippen molar-refractivity contribution in [2.24, 2.45) is 23.7 Å². The molecule has 270 valence electrons. The second-order valence-corrected chi connectivity index (χ2v) is 13.3. The van der Waals surface area contributed by atoms with Gasteiger partial charge >= 0.3 is 5.97 Å². The Morgan fingerprint density at radius 1 is 0.596 bits per heavy atom. The Morgan fingerprint density at radius 3 is 1.68 bits per heavy atom. The molecule has 0 aromatic rings. The highest BCUT2D eigenvalue weighted by molar-refractivity contribution is 5.82. The monoisotopic (exact) mass is 668 g/mol. The smallest absolute Gasteiger partial charge is 0.330 e. The molecule has 1 heterocycles. The van der Waals surface area contributed by atoms with E-state index in [1.54, 1.807) is 62.5 Å². The number of esters is 1. The number of ether oxygens (including phenoxy) is 1. The first kappa shape index (κ1) is 42.8. The maximum absolute atomic E-state index is 12.0. The van der Waals surface area contributed by atoms with Crippen LogP contribution in [0.2, 0.25) is 0 Å². The summed E-state index contributed by atoms with van der Waals surface area (Å²) in [5, 5.41) is 95.5. The number of rotatable bonds is 1. The van der Waals surface area contributed by atoms with Crippen LogP contribution < -0.4 is 0 Å². The lowest BCUT2D eigenvalue weighted by Gasteiger charge is -2.33. The zero-order chi connectivity index (χ0) is 35.5. The summed E-state index contributed by atoms with van der Waals surface area (Å²) in [6.07, 6.45) is 6.47. The van der Waals surface area contributed by atoms with E-state index in [4.69, 9.17) is 4.74 Å². The van der Waals surface area contributed by atoms with Crippen LogP contribution in [-0.4, -0.2) is 113 Å². The number of cyclic esters (lactones) is 1. The standard InChI is InChI=1S/C36H60O11/c1-23(2)36-30(41)17-16-29(40)33(44)20-26(37)18-31(42)24(3)22-47-35(46)15-13-11-9-7-5-6-8-10-12-14-28(39)25(4)32(43)19-27(38)21-34(36)45/h5-13,15,23-34,36-45H,14,16-22H2,1-4H3/b7-5+,8-6+,11-9-,12-10+,15-13+. The molecule has 1 aliphatic rings. The average molecular weight is 669 g/mol. The van der Waals surface area contributed by atoms with Gasteiger partial charge in [-0.25, -0.2) is 4.79 Å². The number of aliphatic hydroxyl groups is 9. The summed E-state index contributed by atoms with van der Waals surface area (Å²) in [5.74, 6) is -2.51. The third-order valence-corrected chi connectivity index (χ3v) is 8.80. The first-order valence-electron chi connectivity index (χ1n) is 16.8. The molecular weight excluding hydrogens is 608 g/mol. The minimum atomic E-state index is -1.34. The Kier molecular flexibility index (Phi) is 21.2. The highest BCUT2D eigenvalue weighted by atomic mass is 16.5. The van der Waals surface area contributed by atoms with Gasteiger partial charge < -0.3 is 50.7 Å². The lowest BCUT2D eigenvalue weighted by atomic mass is 9.80. The zero-order valence-corrected chi connectivity index (χ0v) is 28.3. The second kappa shape index (κ2) is 23.2. The van der Waals surface area contributed by atoms with Gasteiger partial charge in [-0.05, 0) is 44.4 Å². The maximum Gasteiger partial charge on any atom is 0.330 e. The van der Waals surface area contributed by atoms with Gasteiger partial charge in [0.25, 0.3) is 0 Å². The topological polar surface area (TPSA) is 208 Å². The van der Waals surface area contributed by atoms with E-state index in [9.17, 15) is 50.8 Å². The highest BCUT2D eigenvalue weighted by Gasteiger charge is 2.33. The van der Waals surface area contributed by atoms with Crippen molar-refractivity contribution in [1.82, 2.24) is 0 Å². The van der Waals surface area contributed by atoms with E-state index in [0.717, 1.165) is 0 Å². The van der Waals surface area contributed by atoms with Gasteiger partial charge in [0.05, 0.1) is 61.5 Å². The molecule has 0 saturated heterocycles. The molecular formula is C36H60O11. The van der Waals surface area contributed by atoms with Crippen LogP contribution in [0.5, 0.6) is 0 Å². The fourth-order valence-electron chi connectivity index (χ4n) is 5.60. The Balaban J connectivity index is 3.00. The molecule has 11 nitrogen and oxygen atoms in total. The minimum Gasteiger partial charge on any atom is -0.462 e. The lowest BCUT2D eigenvalue weighted by Crippen LogP contribution is -2.40. The molecule has 0 saturated carbocycles. The molecule has 0 fully saturated rings. The number of carbonyl (C=O) groups excluding carboxylic acids is 1. The fourth-order valence-corrected chi connectivity index (χ4v) is 5.60. The molecule has 1 rings (SSSR count). The van der Waals surface area contributed by atoms with Crippen molar-refractivity contribution in [3.05, 3.63) is 60.8 Å². The van der Waals surface area contributed by atoms with Crippen LogP contribution in [0.3, 0.4) is 0 Å². The van der Waals surface area contributed by atoms with Crippen LogP contribution in [0.25, 0.3) is 0 Å². The van der Waals surface area contributed by atoms with Crippen molar-refractivity contribution in [2.45, 2.75) is 128 Å². The average Bonchev–Trinajstić information content (AvgIpc) is 2.99. The molecule has 9 N–H and O–H groups in total. The van der Waals surface area contributed by atoms with Crippen molar-refractivity contribution in [3.8, 4) is 0 Å². The van der Waals surface area contributed by atoms with E-state index in [0.29, 0.717) is 0 Å². The van der Waals surface area contributed by atoms with Gasteiger partial charge in [-0.1, -0.05) is 82.4 Å². The Labute approximate surface area is 279 Å². The van der Waals surface area contributed by atoms with Crippen molar-refractivity contribution in [3.63, 3.8) is 0 Å². The first-order chi connectivity index (χ1) is 22.1. The van der Waals surface area contributed by atoms with Gasteiger partial charge in [0, 0.05) is 30.3 Å². The molecule has 47 heavy (non-hydrogen) atoms. The van der Waals surface area contributed by atoms with E-state index in [-0.39, 0.29) is 57.5 Å². The summed E-state index contributed by atoms with van der Waals surface area (Å²) in [6, 6.07) is 0. The summed E-state index contributed by atoms with van der Waals surface area (Å²) in [4.78, 5) is 12.0. The summed E-state index contributed by atoms with van der Waals surface area (Å²) in [5.41, 5.74) is 0. The molecule has 12 unspecified atom stereocenters. The molecule has 0 bridgehead atoms. The zero-order valence-electron chi connectivity index (χ0n) is 28.3. The van der Waals surface area contributed by atoms with Crippen molar-refractivity contribution in [2.75, 3.05) is 6.61 Å². The van der Waals surface area contributed by atoms with Crippen LogP contribution in [0, 0.1) is 23.7 Å². The van der Waals surface area contributed by atoms with Crippen LogP contribution >= 0.6 is 0 Å². The van der Waals surface area contributed by atoms with E-state index in [2.05, 4.69) is 0 Å². The van der Waals surface area contributed by atoms with E-state index in [1.807, 2.05) is 13.8 Å². The maximum atomic E-state index is 12.0. The summed E-state index contributed by atoms with van der Waals surface area (Å²) >= 11 is 0. The van der Waals surface area contributed by atoms with Crippen LogP contribution in [0.15, 0.2) is 60.8 Å². The van der Waals surface area contributed by atoms with Crippen molar-refractivity contribution in [1.29, 1.82) is 0 Å². The van der Waals surface area contributed by atoms with Crippen molar-refractivity contribution >= 4 is 5.97 Å². The largest absolute Gasteiger partial charge is 0.462 e. The molecule has 0 amide bonds. The van der Waals surface area contributed by atoms with Gasteiger partial charge in [-0.3, -0.25) is 0 Å². The van der Waals surface area contributed by atoms with Crippen molar-refractivity contribution < 1.29 is 55.5 Å². The van der Waals surface area contributed by atoms with Gasteiger partial charge in [0.15, 0.2) is 0 Å². The first-order valence-corrected chi connectivity index (χ1v) is 16.8. The van der Waals surface area contributed by atoms with E-state index >= 15 is 0 Å². The Bertz CT molecular complexity index is 1010. The Hall–Kier alpha value is -2.19. The number of allylic oxidation sites excluding steroid dienone is 8. The molecule has 0 aromatic carbocycles. The summed E-state index contributed by atoms with van der Waals surface area (Å²) in [7, 11) is 0. The highest BCUT2D eigenvalue weighted by Crippen LogP contribution is 2.28. The third-order valence-electron chi connectivity index (χ3n) is 8.80. The SMILES string of the molecule is CC(C)C1C(O)CCC(O)C(O)CC(O)CC(O)C(C)COC(=O)/C=C/C=C\C=C\C=C\C=C\CC(O)C(C)C(O)CC(O)CC1O. The predicted molar refractivity (Wildman–Crippen MR) is 180 cm³/mol. The fraction of sp³-hybridized carbons (Fsp3) is 0.694. The molecule has 12 atom stereocenters. The van der Waals surface area contributed by atoms with E-state index < -0.39 is 78.7 Å². The molecule has 0 aromatic heterocycles. The van der Waals surface area contributed by atoms with Gasteiger partial charge in [-0.15, -0.1) is 0 Å². The third kappa shape index (κ3) is 17.7. The minimum absolute atomic E-state index is 0.0280. The second-order valence-electron chi connectivity index (χ2n) is 13.3. The molecule has 1 aliphatic heterocycles. The van der Waals surface area contributed by atoms with Gasteiger partial charge in [0.2, 0.25) is 0 Å².